The van der Waals surface area contributed by atoms with Crippen LogP contribution in [0.25, 0.3) is 12.2 Å². The van der Waals surface area contributed by atoms with E-state index in [0.717, 1.165) is 49.2 Å². The van der Waals surface area contributed by atoms with E-state index >= 15 is 0 Å². The number of unbranched alkanes of at least 4 members (excludes halogenated alkanes) is 9. The van der Waals surface area contributed by atoms with Gasteiger partial charge < -0.3 is 9.47 Å². The average molecular weight is 539 g/mol. The van der Waals surface area contributed by atoms with Crippen molar-refractivity contribution in [3.8, 4) is 11.5 Å². The summed E-state index contributed by atoms with van der Waals surface area (Å²) in [5.74, 6) is 1.22. The van der Waals surface area contributed by atoms with Crippen molar-refractivity contribution in [2.45, 2.75) is 70.6 Å². The Labute approximate surface area is 239 Å². The van der Waals surface area contributed by atoms with Crippen molar-refractivity contribution >= 4 is 23.9 Å². The minimum Gasteiger partial charge on any atom is -0.494 e. The molecular formula is C36H42O4. The van der Waals surface area contributed by atoms with Gasteiger partial charge in [0.05, 0.1) is 6.61 Å². The summed E-state index contributed by atoms with van der Waals surface area (Å²) in [5, 5.41) is 0. The van der Waals surface area contributed by atoms with Crippen LogP contribution in [0.1, 0.15) is 92.1 Å². The van der Waals surface area contributed by atoms with E-state index in [1.165, 1.54) is 38.5 Å². The Balaban J connectivity index is 1.14. The van der Waals surface area contributed by atoms with Crippen LogP contribution in [-0.4, -0.2) is 18.4 Å². The molecule has 3 aromatic carbocycles. The molecule has 0 atom stereocenters. The third-order valence-corrected chi connectivity index (χ3v) is 6.76. The third-order valence-electron chi connectivity index (χ3n) is 6.76. The predicted molar refractivity (Wildman–Crippen MR) is 165 cm³/mol. The SMILES string of the molecule is C=Cc1ccc(OCCCCCCCCCCCCC(=O)Oc2ccc(C=CC(=O)c3ccccc3)cc2)cc1. The van der Waals surface area contributed by atoms with Crippen molar-refractivity contribution in [2.75, 3.05) is 6.61 Å². The van der Waals surface area contributed by atoms with E-state index in [-0.39, 0.29) is 11.8 Å². The quantitative estimate of drug-likeness (QED) is 0.0501. The molecule has 4 nitrogen and oxygen atoms in total. The number of hydrogen-bond donors (Lipinski definition) is 0. The van der Waals surface area contributed by atoms with E-state index in [1.54, 1.807) is 36.4 Å². The second-order valence-electron chi connectivity index (χ2n) is 10.0. The number of carbonyl (C=O) groups is 2. The lowest BCUT2D eigenvalue weighted by Gasteiger charge is -2.07. The fourth-order valence-electron chi connectivity index (χ4n) is 4.38. The highest BCUT2D eigenvalue weighted by molar-refractivity contribution is 6.06. The van der Waals surface area contributed by atoms with Gasteiger partial charge in [-0.25, -0.2) is 0 Å². The number of ether oxygens (including phenoxy) is 2. The summed E-state index contributed by atoms with van der Waals surface area (Å²) < 4.78 is 11.2. The van der Waals surface area contributed by atoms with Crippen molar-refractivity contribution in [3.05, 3.63) is 108 Å². The first kappa shape index (κ1) is 30.6. The Morgan fingerprint density at radius 2 is 1.18 bits per heavy atom. The van der Waals surface area contributed by atoms with Crippen LogP contribution in [0.4, 0.5) is 0 Å². The van der Waals surface area contributed by atoms with Gasteiger partial charge in [-0.2, -0.15) is 0 Å². The second kappa shape index (κ2) is 18.4. The van der Waals surface area contributed by atoms with Crippen molar-refractivity contribution in [3.63, 3.8) is 0 Å². The molecule has 0 aliphatic rings. The van der Waals surface area contributed by atoms with E-state index in [4.69, 9.17) is 9.47 Å². The van der Waals surface area contributed by atoms with Gasteiger partial charge in [-0.05, 0) is 54.3 Å². The lowest BCUT2D eigenvalue weighted by Crippen LogP contribution is -2.07. The van der Waals surface area contributed by atoms with E-state index in [2.05, 4.69) is 6.58 Å². The Bertz CT molecular complexity index is 1180. The van der Waals surface area contributed by atoms with Crippen LogP contribution >= 0.6 is 0 Å². The number of hydrogen-bond acceptors (Lipinski definition) is 4. The van der Waals surface area contributed by atoms with Crippen LogP contribution in [0.15, 0.2) is 91.5 Å². The number of carbonyl (C=O) groups excluding carboxylic acids is 2. The molecule has 0 spiro atoms. The van der Waals surface area contributed by atoms with Crippen LogP contribution in [0.3, 0.4) is 0 Å². The molecule has 0 heterocycles. The first-order valence-electron chi connectivity index (χ1n) is 14.6. The minimum atomic E-state index is -0.194. The molecule has 0 fully saturated rings. The number of esters is 1. The molecule has 0 N–H and O–H groups in total. The molecule has 0 radical (unpaired) electrons. The summed E-state index contributed by atoms with van der Waals surface area (Å²) in [4.78, 5) is 24.3. The highest BCUT2D eigenvalue weighted by Crippen LogP contribution is 2.17. The van der Waals surface area contributed by atoms with Crippen LogP contribution in [0.2, 0.25) is 0 Å². The molecule has 0 saturated carbocycles. The van der Waals surface area contributed by atoms with Gasteiger partial charge in [0.2, 0.25) is 0 Å². The van der Waals surface area contributed by atoms with Gasteiger partial charge in [0.25, 0.3) is 0 Å². The van der Waals surface area contributed by atoms with Gasteiger partial charge in [-0.15, -0.1) is 0 Å². The minimum absolute atomic E-state index is 0.0417. The second-order valence-corrected chi connectivity index (χ2v) is 10.0. The molecule has 3 rings (SSSR count). The van der Waals surface area contributed by atoms with Crippen molar-refractivity contribution in [1.82, 2.24) is 0 Å². The Hall–Kier alpha value is -3.92. The van der Waals surface area contributed by atoms with E-state index in [1.807, 2.05) is 60.7 Å². The maximum atomic E-state index is 12.2. The number of allylic oxidation sites excluding steroid dienone is 1. The highest BCUT2D eigenvalue weighted by Gasteiger charge is 2.05. The third kappa shape index (κ3) is 12.3. The first-order chi connectivity index (χ1) is 19.6. The summed E-state index contributed by atoms with van der Waals surface area (Å²) in [6.45, 7) is 4.54. The topological polar surface area (TPSA) is 52.6 Å². The fourth-order valence-corrected chi connectivity index (χ4v) is 4.38. The van der Waals surface area contributed by atoms with Gasteiger partial charge in [-0.1, -0.05) is 125 Å². The fraction of sp³-hybridized carbons (Fsp3) is 0.333. The lowest BCUT2D eigenvalue weighted by molar-refractivity contribution is -0.134. The van der Waals surface area contributed by atoms with Crippen LogP contribution in [0.5, 0.6) is 11.5 Å². The molecule has 40 heavy (non-hydrogen) atoms. The zero-order valence-electron chi connectivity index (χ0n) is 23.6. The van der Waals surface area contributed by atoms with E-state index in [0.29, 0.717) is 17.7 Å². The predicted octanol–water partition coefficient (Wildman–Crippen LogP) is 9.50. The molecule has 210 valence electrons. The summed E-state index contributed by atoms with van der Waals surface area (Å²) >= 11 is 0. The van der Waals surface area contributed by atoms with Crippen molar-refractivity contribution < 1.29 is 19.1 Å². The Morgan fingerprint density at radius 1 is 0.625 bits per heavy atom. The largest absolute Gasteiger partial charge is 0.494 e. The number of benzene rings is 3. The standard InChI is InChI=1S/C36H42O4/c1-2-30-19-24-33(25-20-30)39-29-15-10-8-6-4-3-5-7-9-14-18-36(38)40-34-26-21-31(22-27-34)23-28-35(37)32-16-12-11-13-17-32/h2,11-13,16-17,19-28H,1,3-10,14-15,18,29H2. The number of rotatable bonds is 19. The average Bonchev–Trinajstić information content (AvgIpc) is 2.99. The van der Waals surface area contributed by atoms with E-state index in [9.17, 15) is 9.59 Å². The van der Waals surface area contributed by atoms with E-state index < -0.39 is 0 Å². The zero-order valence-corrected chi connectivity index (χ0v) is 23.6. The maximum Gasteiger partial charge on any atom is 0.311 e. The molecule has 3 aromatic rings. The monoisotopic (exact) mass is 538 g/mol. The summed E-state index contributed by atoms with van der Waals surface area (Å²) in [5.41, 5.74) is 2.64. The Kier molecular flexibility index (Phi) is 14.1. The van der Waals surface area contributed by atoms with Gasteiger partial charge in [-0.3, -0.25) is 9.59 Å². The molecule has 0 unspecified atom stereocenters. The van der Waals surface area contributed by atoms with Crippen molar-refractivity contribution in [2.24, 2.45) is 0 Å². The van der Waals surface area contributed by atoms with Crippen LogP contribution in [0, 0.1) is 0 Å². The van der Waals surface area contributed by atoms with Crippen LogP contribution < -0.4 is 9.47 Å². The van der Waals surface area contributed by atoms with Crippen LogP contribution in [-0.2, 0) is 4.79 Å². The molecule has 4 heteroatoms. The highest BCUT2D eigenvalue weighted by atomic mass is 16.5. The summed E-state index contributed by atoms with van der Waals surface area (Å²) in [6.07, 6.45) is 17.3. The summed E-state index contributed by atoms with van der Waals surface area (Å²) in [6, 6.07) is 24.4. The molecule has 0 amide bonds. The lowest BCUT2D eigenvalue weighted by atomic mass is 10.1. The maximum absolute atomic E-state index is 12.2. The molecule has 0 saturated heterocycles. The van der Waals surface area contributed by atoms with Crippen molar-refractivity contribution in [1.29, 1.82) is 0 Å². The molecule has 0 bridgehead atoms. The Morgan fingerprint density at radius 3 is 1.80 bits per heavy atom. The molecule has 0 aliphatic heterocycles. The molecule has 0 aliphatic carbocycles. The number of ketones is 1. The first-order valence-corrected chi connectivity index (χ1v) is 14.6. The van der Waals surface area contributed by atoms with Gasteiger partial charge in [0, 0.05) is 12.0 Å². The molecular weight excluding hydrogens is 496 g/mol. The van der Waals surface area contributed by atoms with Gasteiger partial charge >= 0.3 is 5.97 Å². The van der Waals surface area contributed by atoms with Gasteiger partial charge in [0.15, 0.2) is 5.78 Å². The zero-order chi connectivity index (χ0) is 28.3. The molecule has 0 aromatic heterocycles. The van der Waals surface area contributed by atoms with Gasteiger partial charge in [0.1, 0.15) is 11.5 Å². The normalized spacial score (nSPS) is 10.9. The summed E-state index contributed by atoms with van der Waals surface area (Å²) in [7, 11) is 0. The smallest absolute Gasteiger partial charge is 0.311 e.